The first-order chi connectivity index (χ1) is 12.5. The maximum atomic E-state index is 12.8. The molecule has 1 aliphatic rings. The SMILES string of the molecule is Cc1cc(C)cc(C(=O)N2CCC[C@@H](C(=O)NCc3ccccn3)C2)c1. The number of carbonyl (C=O) groups excluding carboxylic acids is 2. The Bertz CT molecular complexity index is 769. The molecule has 0 saturated carbocycles. The van der Waals surface area contributed by atoms with E-state index < -0.39 is 0 Å². The molecule has 136 valence electrons. The number of piperidine rings is 1. The van der Waals surface area contributed by atoms with Gasteiger partial charge in [-0.1, -0.05) is 23.3 Å². The van der Waals surface area contributed by atoms with Crippen molar-refractivity contribution in [2.75, 3.05) is 13.1 Å². The number of nitrogens with one attached hydrogen (secondary N) is 1. The number of amides is 2. The molecule has 2 amide bonds. The van der Waals surface area contributed by atoms with E-state index in [1.807, 2.05) is 49.1 Å². The standard InChI is InChI=1S/C21H25N3O2/c1-15-10-16(2)12-18(11-15)21(26)24-9-5-6-17(14-24)20(25)23-13-19-7-3-4-8-22-19/h3-4,7-8,10-12,17H,5-6,9,13-14H2,1-2H3,(H,23,25)/t17-/m1/s1. The summed E-state index contributed by atoms with van der Waals surface area (Å²) >= 11 is 0. The average molecular weight is 351 g/mol. The third kappa shape index (κ3) is 4.48. The summed E-state index contributed by atoms with van der Waals surface area (Å²) in [4.78, 5) is 31.4. The molecular formula is C21H25N3O2. The van der Waals surface area contributed by atoms with E-state index in [-0.39, 0.29) is 17.7 Å². The molecule has 1 fully saturated rings. The lowest BCUT2D eigenvalue weighted by molar-refractivity contribution is -0.126. The largest absolute Gasteiger partial charge is 0.350 e. The van der Waals surface area contributed by atoms with E-state index in [2.05, 4.69) is 16.4 Å². The fourth-order valence-electron chi connectivity index (χ4n) is 3.48. The first-order valence-corrected chi connectivity index (χ1v) is 9.08. The Labute approximate surface area is 154 Å². The van der Waals surface area contributed by atoms with Gasteiger partial charge < -0.3 is 10.2 Å². The first-order valence-electron chi connectivity index (χ1n) is 9.08. The van der Waals surface area contributed by atoms with E-state index in [0.29, 0.717) is 25.2 Å². The number of rotatable bonds is 4. The Morgan fingerprint density at radius 2 is 1.96 bits per heavy atom. The highest BCUT2D eigenvalue weighted by Crippen LogP contribution is 2.20. The van der Waals surface area contributed by atoms with Crippen LogP contribution in [-0.2, 0) is 11.3 Å². The molecule has 2 aromatic rings. The topological polar surface area (TPSA) is 62.3 Å². The molecule has 3 rings (SSSR count). The zero-order valence-corrected chi connectivity index (χ0v) is 15.4. The molecule has 5 heteroatoms. The number of likely N-dealkylation sites (tertiary alicyclic amines) is 1. The zero-order valence-electron chi connectivity index (χ0n) is 15.4. The van der Waals surface area contributed by atoms with Crippen LogP contribution in [0.2, 0.25) is 0 Å². The lowest BCUT2D eigenvalue weighted by atomic mass is 9.96. The highest BCUT2D eigenvalue weighted by Gasteiger charge is 2.29. The van der Waals surface area contributed by atoms with Gasteiger partial charge in [0.2, 0.25) is 5.91 Å². The van der Waals surface area contributed by atoms with E-state index in [9.17, 15) is 9.59 Å². The van der Waals surface area contributed by atoms with Crippen LogP contribution in [0.15, 0.2) is 42.6 Å². The summed E-state index contributed by atoms with van der Waals surface area (Å²) in [5.41, 5.74) is 3.70. The van der Waals surface area contributed by atoms with Crippen molar-refractivity contribution in [3.63, 3.8) is 0 Å². The predicted molar refractivity (Wildman–Crippen MR) is 101 cm³/mol. The second kappa shape index (κ2) is 8.13. The Hall–Kier alpha value is -2.69. The fourth-order valence-corrected chi connectivity index (χ4v) is 3.48. The molecular weight excluding hydrogens is 326 g/mol. The number of benzene rings is 1. The Kier molecular flexibility index (Phi) is 5.66. The van der Waals surface area contributed by atoms with Gasteiger partial charge in [0, 0.05) is 24.8 Å². The van der Waals surface area contributed by atoms with Crippen molar-refractivity contribution in [3.05, 3.63) is 65.0 Å². The van der Waals surface area contributed by atoms with Crippen molar-refractivity contribution in [2.24, 2.45) is 5.92 Å². The van der Waals surface area contributed by atoms with E-state index >= 15 is 0 Å². The summed E-state index contributed by atoms with van der Waals surface area (Å²) in [5.74, 6) is -0.157. The maximum absolute atomic E-state index is 12.8. The van der Waals surface area contributed by atoms with Gasteiger partial charge in [0.1, 0.15) is 0 Å². The second-order valence-corrected chi connectivity index (χ2v) is 7.01. The van der Waals surface area contributed by atoms with Crippen molar-refractivity contribution in [1.82, 2.24) is 15.2 Å². The van der Waals surface area contributed by atoms with Gasteiger partial charge in [0.05, 0.1) is 18.2 Å². The fraction of sp³-hybridized carbons (Fsp3) is 0.381. The Morgan fingerprint density at radius 1 is 1.19 bits per heavy atom. The number of pyridine rings is 1. The van der Waals surface area contributed by atoms with E-state index in [1.165, 1.54) is 0 Å². The lowest BCUT2D eigenvalue weighted by Gasteiger charge is -2.32. The summed E-state index contributed by atoms with van der Waals surface area (Å²) in [5, 5.41) is 2.95. The van der Waals surface area contributed by atoms with Crippen LogP contribution in [0.4, 0.5) is 0 Å². The van der Waals surface area contributed by atoms with Crippen LogP contribution in [-0.4, -0.2) is 34.8 Å². The van der Waals surface area contributed by atoms with Crippen molar-refractivity contribution < 1.29 is 9.59 Å². The molecule has 0 spiro atoms. The Balaban J connectivity index is 1.61. The Morgan fingerprint density at radius 3 is 2.65 bits per heavy atom. The summed E-state index contributed by atoms with van der Waals surface area (Å²) in [7, 11) is 0. The van der Waals surface area contributed by atoms with Gasteiger partial charge in [-0.05, 0) is 51.0 Å². The van der Waals surface area contributed by atoms with Gasteiger partial charge in [-0.3, -0.25) is 14.6 Å². The van der Waals surface area contributed by atoms with Crippen LogP contribution in [0.3, 0.4) is 0 Å². The molecule has 0 bridgehead atoms. The highest BCUT2D eigenvalue weighted by molar-refractivity contribution is 5.95. The molecule has 1 atom stereocenters. The van der Waals surface area contributed by atoms with E-state index in [4.69, 9.17) is 0 Å². The van der Waals surface area contributed by atoms with Gasteiger partial charge in [-0.15, -0.1) is 0 Å². The minimum atomic E-state index is -0.165. The normalized spacial score (nSPS) is 17.0. The molecule has 0 radical (unpaired) electrons. The van der Waals surface area contributed by atoms with Crippen molar-refractivity contribution in [3.8, 4) is 0 Å². The predicted octanol–water partition coefficient (Wildman–Crippen LogP) is 2.87. The molecule has 1 N–H and O–H groups in total. The molecule has 1 saturated heterocycles. The van der Waals surface area contributed by atoms with Gasteiger partial charge in [0.15, 0.2) is 0 Å². The number of hydrogen-bond donors (Lipinski definition) is 1. The number of carbonyl (C=O) groups is 2. The molecule has 1 aromatic carbocycles. The highest BCUT2D eigenvalue weighted by atomic mass is 16.2. The second-order valence-electron chi connectivity index (χ2n) is 7.01. The van der Waals surface area contributed by atoms with Crippen molar-refractivity contribution >= 4 is 11.8 Å². The molecule has 2 heterocycles. The molecule has 1 aliphatic heterocycles. The molecule has 5 nitrogen and oxygen atoms in total. The number of aryl methyl sites for hydroxylation is 2. The van der Waals surface area contributed by atoms with Gasteiger partial charge in [-0.2, -0.15) is 0 Å². The lowest BCUT2D eigenvalue weighted by Crippen LogP contribution is -2.45. The van der Waals surface area contributed by atoms with Crippen molar-refractivity contribution in [2.45, 2.75) is 33.2 Å². The van der Waals surface area contributed by atoms with Gasteiger partial charge in [-0.25, -0.2) is 0 Å². The number of nitrogens with zero attached hydrogens (tertiary/aromatic N) is 2. The average Bonchev–Trinajstić information content (AvgIpc) is 2.65. The maximum Gasteiger partial charge on any atom is 0.253 e. The van der Waals surface area contributed by atoms with Crippen LogP contribution < -0.4 is 5.32 Å². The first kappa shape index (κ1) is 18.1. The van der Waals surface area contributed by atoms with Gasteiger partial charge >= 0.3 is 0 Å². The number of hydrogen-bond acceptors (Lipinski definition) is 3. The summed E-state index contributed by atoms with van der Waals surface area (Å²) < 4.78 is 0. The number of aromatic nitrogens is 1. The van der Waals surface area contributed by atoms with Gasteiger partial charge in [0.25, 0.3) is 5.91 Å². The van der Waals surface area contributed by atoms with Crippen LogP contribution in [0, 0.1) is 19.8 Å². The summed E-state index contributed by atoms with van der Waals surface area (Å²) in [6, 6.07) is 11.5. The van der Waals surface area contributed by atoms with Crippen molar-refractivity contribution in [1.29, 1.82) is 0 Å². The summed E-state index contributed by atoms with van der Waals surface area (Å²) in [6.45, 7) is 5.58. The third-order valence-corrected chi connectivity index (χ3v) is 4.72. The molecule has 0 aliphatic carbocycles. The minimum absolute atomic E-state index is 0.00595. The van der Waals surface area contributed by atoms with Crippen LogP contribution in [0.25, 0.3) is 0 Å². The molecule has 0 unspecified atom stereocenters. The monoisotopic (exact) mass is 351 g/mol. The quantitative estimate of drug-likeness (QED) is 0.921. The van der Waals surface area contributed by atoms with Crippen LogP contribution in [0.5, 0.6) is 0 Å². The van der Waals surface area contributed by atoms with Crippen LogP contribution in [0.1, 0.15) is 40.0 Å². The van der Waals surface area contributed by atoms with E-state index in [1.54, 1.807) is 6.20 Å². The molecule has 1 aromatic heterocycles. The summed E-state index contributed by atoms with van der Waals surface area (Å²) in [6.07, 6.45) is 3.37. The minimum Gasteiger partial charge on any atom is -0.350 e. The smallest absolute Gasteiger partial charge is 0.253 e. The zero-order chi connectivity index (χ0) is 18.5. The van der Waals surface area contributed by atoms with E-state index in [0.717, 1.165) is 29.7 Å². The molecule has 26 heavy (non-hydrogen) atoms. The van der Waals surface area contributed by atoms with Crippen LogP contribution >= 0.6 is 0 Å². The third-order valence-electron chi connectivity index (χ3n) is 4.72.